The van der Waals surface area contributed by atoms with E-state index in [2.05, 4.69) is 237 Å². The molecule has 10 aromatic rings. The Morgan fingerprint density at radius 1 is 0.541 bits per heavy atom. The minimum absolute atomic E-state index is 0.118. The lowest BCUT2D eigenvalue weighted by atomic mass is 9.82. The van der Waals surface area contributed by atoms with Crippen LogP contribution in [0.5, 0.6) is 0 Å². The molecule has 61 heavy (non-hydrogen) atoms. The molecule has 11 rings (SSSR count). The summed E-state index contributed by atoms with van der Waals surface area (Å²) >= 11 is 1.76. The summed E-state index contributed by atoms with van der Waals surface area (Å²) in [6, 6.07) is 68.7. The van der Waals surface area contributed by atoms with Gasteiger partial charge in [-0.25, -0.2) is 0 Å². The smallest absolute Gasteiger partial charge is 0.0541 e. The van der Waals surface area contributed by atoms with Crippen LogP contribution in [0.3, 0.4) is 0 Å². The molecular weight excluding hydrogens is 757 g/mol. The molecule has 0 saturated carbocycles. The standard InChI is InChI=1S/C58H44N2S/c1-5-43(59(44-27-24-41(25-28-44)39-16-8-6-9-17-39)45-29-31-48-47-20-12-14-22-53(47)58(3,4)54(48)36-45)35-51-38(2)61-57-37-46(30-32-50(51)57)60-55-23-15-13-21-49(55)52-34-42(26-33-56(52)60)40-18-10-7-11-19-40/h5-37H,2H2,1,3-4H3/b43-5+,51-35+. The summed E-state index contributed by atoms with van der Waals surface area (Å²) < 4.78 is 4.68. The molecule has 1 aliphatic rings. The maximum Gasteiger partial charge on any atom is 0.0541 e. The molecule has 0 fully saturated rings. The van der Waals surface area contributed by atoms with Gasteiger partial charge >= 0.3 is 0 Å². The van der Waals surface area contributed by atoms with Gasteiger partial charge in [-0.2, -0.15) is 0 Å². The Balaban J connectivity index is 1.04. The third-order valence-corrected chi connectivity index (χ3v) is 13.8. The zero-order chi connectivity index (χ0) is 41.2. The summed E-state index contributed by atoms with van der Waals surface area (Å²) in [5.74, 6) is 0. The first-order valence-electron chi connectivity index (χ1n) is 21.1. The van der Waals surface area contributed by atoms with Gasteiger partial charge in [-0.3, -0.25) is 0 Å². The minimum Gasteiger partial charge on any atom is -0.311 e. The monoisotopic (exact) mass is 800 g/mol. The van der Waals surface area contributed by atoms with Gasteiger partial charge in [0.2, 0.25) is 0 Å². The molecule has 1 aliphatic carbocycles. The van der Waals surface area contributed by atoms with Gasteiger partial charge in [-0.15, -0.1) is 11.3 Å². The van der Waals surface area contributed by atoms with Crippen molar-refractivity contribution < 1.29 is 0 Å². The molecule has 0 spiro atoms. The number of allylic oxidation sites excluding steroid dienone is 2. The predicted octanol–water partition coefficient (Wildman–Crippen LogP) is 14.6. The number of hydrogen-bond donors (Lipinski definition) is 0. The second-order valence-corrected chi connectivity index (χ2v) is 17.7. The van der Waals surface area contributed by atoms with Crippen LogP contribution in [0.1, 0.15) is 31.9 Å². The Morgan fingerprint density at radius 2 is 1.16 bits per heavy atom. The van der Waals surface area contributed by atoms with E-state index in [-0.39, 0.29) is 5.41 Å². The van der Waals surface area contributed by atoms with Crippen LogP contribution in [-0.4, -0.2) is 4.57 Å². The van der Waals surface area contributed by atoms with Crippen LogP contribution in [0, 0.1) is 0 Å². The van der Waals surface area contributed by atoms with Crippen molar-refractivity contribution in [3.8, 4) is 39.1 Å². The van der Waals surface area contributed by atoms with Crippen molar-refractivity contribution in [1.82, 2.24) is 4.57 Å². The maximum atomic E-state index is 4.65. The highest BCUT2D eigenvalue weighted by atomic mass is 32.1. The molecule has 0 amide bonds. The lowest BCUT2D eigenvalue weighted by Gasteiger charge is -2.29. The van der Waals surface area contributed by atoms with E-state index in [0.717, 1.165) is 32.5 Å². The number of aromatic nitrogens is 1. The average Bonchev–Trinajstić information content (AvgIpc) is 3.89. The number of anilines is 2. The quantitative estimate of drug-likeness (QED) is 0.156. The first kappa shape index (κ1) is 36.8. The normalized spacial score (nSPS) is 13.6. The van der Waals surface area contributed by atoms with Gasteiger partial charge < -0.3 is 9.47 Å². The van der Waals surface area contributed by atoms with Crippen molar-refractivity contribution in [2.45, 2.75) is 26.2 Å². The van der Waals surface area contributed by atoms with Gasteiger partial charge in [-0.05, 0) is 112 Å². The lowest BCUT2D eigenvalue weighted by Crippen LogP contribution is -2.22. The van der Waals surface area contributed by atoms with Gasteiger partial charge in [0.15, 0.2) is 0 Å². The topological polar surface area (TPSA) is 8.17 Å². The van der Waals surface area contributed by atoms with E-state index in [0.29, 0.717) is 0 Å². The summed E-state index contributed by atoms with van der Waals surface area (Å²) in [7, 11) is 0. The van der Waals surface area contributed by atoms with E-state index >= 15 is 0 Å². The molecule has 3 heteroatoms. The second-order valence-electron chi connectivity index (χ2n) is 16.6. The Kier molecular flexibility index (Phi) is 8.77. The average molecular weight is 801 g/mol. The molecule has 292 valence electrons. The molecule has 0 unspecified atom stereocenters. The van der Waals surface area contributed by atoms with E-state index < -0.39 is 0 Å². The number of thiophene rings is 1. The number of benzene rings is 8. The molecule has 2 aromatic heterocycles. The van der Waals surface area contributed by atoms with Crippen LogP contribution in [-0.2, 0) is 5.41 Å². The maximum absolute atomic E-state index is 4.65. The molecule has 8 aromatic carbocycles. The molecule has 2 nitrogen and oxygen atoms in total. The highest BCUT2D eigenvalue weighted by molar-refractivity contribution is 7.17. The minimum atomic E-state index is -0.118. The number of fused-ring (bicyclic) bond motifs is 7. The molecule has 0 saturated heterocycles. The Hall–Kier alpha value is -7.20. The third kappa shape index (κ3) is 6.07. The van der Waals surface area contributed by atoms with E-state index in [1.807, 2.05) is 0 Å². The summed E-state index contributed by atoms with van der Waals surface area (Å²) in [6.45, 7) is 11.5. The zero-order valence-corrected chi connectivity index (χ0v) is 35.4. The van der Waals surface area contributed by atoms with Crippen molar-refractivity contribution in [1.29, 1.82) is 0 Å². The third-order valence-electron chi connectivity index (χ3n) is 12.7. The molecule has 0 N–H and O–H groups in total. The van der Waals surface area contributed by atoms with E-state index in [9.17, 15) is 0 Å². The molecule has 0 atom stereocenters. The van der Waals surface area contributed by atoms with Crippen molar-refractivity contribution in [2.24, 2.45) is 0 Å². The number of nitrogens with zero attached hydrogens (tertiary/aromatic N) is 2. The van der Waals surface area contributed by atoms with E-state index in [1.54, 1.807) is 11.3 Å². The fourth-order valence-electron chi connectivity index (χ4n) is 9.65. The lowest BCUT2D eigenvalue weighted by molar-refractivity contribution is 0.660. The van der Waals surface area contributed by atoms with Crippen molar-refractivity contribution in [2.75, 3.05) is 4.90 Å². The van der Waals surface area contributed by atoms with Crippen LogP contribution in [0.25, 0.3) is 83.6 Å². The van der Waals surface area contributed by atoms with Crippen LogP contribution in [0.15, 0.2) is 200 Å². The zero-order valence-electron chi connectivity index (χ0n) is 34.6. The van der Waals surface area contributed by atoms with Gasteiger partial charge in [0.1, 0.15) is 0 Å². The summed E-state index contributed by atoms with van der Waals surface area (Å²) in [4.78, 5) is 2.41. The van der Waals surface area contributed by atoms with Crippen LogP contribution < -0.4 is 14.7 Å². The molecule has 0 radical (unpaired) electrons. The summed E-state index contributed by atoms with van der Waals surface area (Å²) in [6.07, 6.45) is 4.57. The number of hydrogen-bond acceptors (Lipinski definition) is 2. The van der Waals surface area contributed by atoms with Crippen LogP contribution >= 0.6 is 11.3 Å². The van der Waals surface area contributed by atoms with Gasteiger partial charge in [0.25, 0.3) is 0 Å². The van der Waals surface area contributed by atoms with Crippen LogP contribution in [0.4, 0.5) is 11.4 Å². The van der Waals surface area contributed by atoms with Crippen molar-refractivity contribution in [3.05, 3.63) is 221 Å². The Morgan fingerprint density at radius 3 is 1.93 bits per heavy atom. The van der Waals surface area contributed by atoms with Crippen LogP contribution in [0.2, 0.25) is 0 Å². The predicted molar refractivity (Wildman–Crippen MR) is 263 cm³/mol. The largest absolute Gasteiger partial charge is 0.311 e. The second kappa shape index (κ2) is 14.5. The SMILES string of the molecule is C=c1sc2cc(-n3c4ccccc4c4cc(-c5ccccc5)ccc43)ccc2/c1=C/C(=C\C)N(c1ccc(-c2ccccc2)cc1)c1ccc2c(c1)C(C)(C)c1ccccc1-2. The molecule has 2 heterocycles. The first-order chi connectivity index (χ1) is 29.9. The van der Waals surface area contributed by atoms with Crippen molar-refractivity contribution >= 4 is 67.3 Å². The number of rotatable bonds is 7. The van der Waals surface area contributed by atoms with E-state index in [4.69, 9.17) is 0 Å². The van der Waals surface area contributed by atoms with Gasteiger partial charge in [-0.1, -0.05) is 160 Å². The fourth-order valence-corrected chi connectivity index (χ4v) is 10.7. The van der Waals surface area contributed by atoms with Gasteiger partial charge in [0.05, 0.1) is 11.0 Å². The molecule has 0 aliphatic heterocycles. The van der Waals surface area contributed by atoms with Gasteiger partial charge in [0, 0.05) is 58.8 Å². The first-order valence-corrected chi connectivity index (χ1v) is 21.9. The Bertz CT molecular complexity index is 3460. The number of para-hydroxylation sites is 1. The van der Waals surface area contributed by atoms with E-state index in [1.165, 1.54) is 76.4 Å². The Labute approximate surface area is 360 Å². The highest BCUT2D eigenvalue weighted by Crippen LogP contribution is 2.50. The molecule has 0 bridgehead atoms. The summed E-state index contributed by atoms with van der Waals surface area (Å²) in [5.41, 5.74) is 17.0. The summed E-state index contributed by atoms with van der Waals surface area (Å²) in [5, 5.41) is 4.86. The fraction of sp³-hybridized carbons (Fsp3) is 0.0690. The molecular formula is C58H44N2S. The van der Waals surface area contributed by atoms with Crippen molar-refractivity contribution in [3.63, 3.8) is 0 Å². The highest BCUT2D eigenvalue weighted by Gasteiger charge is 2.35.